The van der Waals surface area contributed by atoms with Crippen molar-refractivity contribution in [1.29, 1.82) is 0 Å². The first-order valence-corrected chi connectivity index (χ1v) is 7.42. The van der Waals surface area contributed by atoms with Crippen molar-refractivity contribution in [1.82, 2.24) is 14.9 Å². The Hall–Kier alpha value is -1.36. The predicted molar refractivity (Wildman–Crippen MR) is 83.4 cm³/mol. The van der Waals surface area contributed by atoms with Crippen LogP contribution >= 0.6 is 0 Å². The number of nitrogens with zero attached hydrogens (tertiary/aromatic N) is 3. The van der Waals surface area contributed by atoms with Crippen molar-refractivity contribution < 1.29 is 4.74 Å². The van der Waals surface area contributed by atoms with E-state index in [1.54, 1.807) is 0 Å². The number of hydrogen-bond donors (Lipinski definition) is 1. The third-order valence-corrected chi connectivity index (χ3v) is 3.10. The van der Waals surface area contributed by atoms with Crippen LogP contribution < -0.4 is 10.1 Å². The van der Waals surface area contributed by atoms with Crippen molar-refractivity contribution in [2.24, 2.45) is 0 Å². The summed E-state index contributed by atoms with van der Waals surface area (Å²) in [4.78, 5) is 11.0. The first-order chi connectivity index (χ1) is 9.43. The van der Waals surface area contributed by atoms with E-state index in [4.69, 9.17) is 4.74 Å². The quantitative estimate of drug-likeness (QED) is 0.793. The minimum atomic E-state index is 0.517. The van der Waals surface area contributed by atoms with Crippen molar-refractivity contribution in [2.45, 2.75) is 53.6 Å². The number of nitrogens with one attached hydrogen (secondary N) is 1. The Balaban J connectivity index is 2.56. The van der Waals surface area contributed by atoms with Crippen LogP contribution in [0.2, 0.25) is 0 Å². The molecule has 20 heavy (non-hydrogen) atoms. The zero-order valence-electron chi connectivity index (χ0n) is 13.6. The van der Waals surface area contributed by atoms with Crippen LogP contribution in [0.15, 0.2) is 6.07 Å². The van der Waals surface area contributed by atoms with Gasteiger partial charge in [0.05, 0.1) is 0 Å². The smallest absolute Gasteiger partial charge is 0.218 e. The van der Waals surface area contributed by atoms with Gasteiger partial charge in [-0.3, -0.25) is 4.90 Å². The fraction of sp³-hybridized carbons (Fsp3) is 0.733. The molecule has 0 aliphatic heterocycles. The molecular formula is C15H28N4O. The number of aromatic nitrogens is 2. The third-order valence-electron chi connectivity index (χ3n) is 3.10. The van der Waals surface area contributed by atoms with Gasteiger partial charge in [0.1, 0.15) is 18.2 Å². The molecule has 1 N–H and O–H groups in total. The van der Waals surface area contributed by atoms with Gasteiger partial charge in [-0.15, -0.1) is 0 Å². The van der Waals surface area contributed by atoms with E-state index in [2.05, 4.69) is 47.9 Å². The van der Waals surface area contributed by atoms with Crippen LogP contribution in [0.5, 0.6) is 5.88 Å². The van der Waals surface area contributed by atoms with Crippen LogP contribution in [-0.2, 0) is 0 Å². The van der Waals surface area contributed by atoms with Crippen molar-refractivity contribution in [3.63, 3.8) is 0 Å². The summed E-state index contributed by atoms with van der Waals surface area (Å²) in [6.45, 7) is 15.1. The Morgan fingerprint density at radius 3 is 2.40 bits per heavy atom. The Morgan fingerprint density at radius 1 is 1.20 bits per heavy atom. The Bertz CT molecular complexity index is 399. The first-order valence-electron chi connectivity index (χ1n) is 7.42. The average molecular weight is 280 g/mol. The molecule has 5 nitrogen and oxygen atoms in total. The normalized spacial score (nSPS) is 11.4. The van der Waals surface area contributed by atoms with Crippen molar-refractivity contribution >= 4 is 5.82 Å². The molecule has 0 atom stereocenters. The highest BCUT2D eigenvalue weighted by atomic mass is 16.5. The summed E-state index contributed by atoms with van der Waals surface area (Å²) >= 11 is 0. The van der Waals surface area contributed by atoms with E-state index in [1.807, 2.05) is 19.9 Å². The van der Waals surface area contributed by atoms with Crippen molar-refractivity contribution in [3.8, 4) is 5.88 Å². The highest BCUT2D eigenvalue weighted by Crippen LogP contribution is 2.13. The molecule has 1 rings (SSSR count). The zero-order valence-corrected chi connectivity index (χ0v) is 13.6. The molecular weight excluding hydrogens is 252 g/mol. The number of rotatable bonds is 8. The summed E-state index contributed by atoms with van der Waals surface area (Å²) in [5.74, 6) is 2.18. The van der Waals surface area contributed by atoms with E-state index in [9.17, 15) is 0 Å². The molecule has 0 aromatic carbocycles. The maximum absolute atomic E-state index is 5.77. The van der Waals surface area contributed by atoms with Crippen LogP contribution in [0.1, 0.15) is 40.4 Å². The zero-order chi connectivity index (χ0) is 15.1. The van der Waals surface area contributed by atoms with Gasteiger partial charge in [-0.2, -0.15) is 4.98 Å². The minimum Gasteiger partial charge on any atom is -0.476 e. The fourth-order valence-corrected chi connectivity index (χ4v) is 2.25. The lowest BCUT2D eigenvalue weighted by molar-refractivity contribution is 0.140. The van der Waals surface area contributed by atoms with Gasteiger partial charge in [-0.05, 0) is 41.5 Å². The van der Waals surface area contributed by atoms with Crippen LogP contribution in [0.4, 0.5) is 5.82 Å². The summed E-state index contributed by atoms with van der Waals surface area (Å²) in [5, 5.41) is 3.18. The highest BCUT2D eigenvalue weighted by Gasteiger charge is 2.13. The monoisotopic (exact) mass is 280 g/mol. The SMILES string of the molecule is CCNc1cc(OCCN(C(C)C)C(C)C)nc(C)n1. The molecule has 1 aromatic heterocycles. The van der Waals surface area contributed by atoms with Gasteiger partial charge in [0.25, 0.3) is 0 Å². The van der Waals surface area contributed by atoms with Gasteiger partial charge < -0.3 is 10.1 Å². The maximum Gasteiger partial charge on any atom is 0.218 e. The molecule has 0 spiro atoms. The van der Waals surface area contributed by atoms with Gasteiger partial charge in [-0.1, -0.05) is 0 Å². The topological polar surface area (TPSA) is 50.3 Å². The molecule has 0 unspecified atom stereocenters. The number of hydrogen-bond acceptors (Lipinski definition) is 5. The average Bonchev–Trinajstić information content (AvgIpc) is 2.33. The number of aryl methyl sites for hydroxylation is 1. The summed E-state index contributed by atoms with van der Waals surface area (Å²) in [7, 11) is 0. The minimum absolute atomic E-state index is 0.517. The molecule has 114 valence electrons. The number of ether oxygens (including phenoxy) is 1. The summed E-state index contributed by atoms with van der Waals surface area (Å²) in [6, 6.07) is 2.89. The largest absolute Gasteiger partial charge is 0.476 e. The molecule has 0 radical (unpaired) electrons. The third kappa shape index (κ3) is 5.33. The van der Waals surface area contributed by atoms with Crippen LogP contribution in [0, 0.1) is 6.92 Å². The molecule has 1 heterocycles. The van der Waals surface area contributed by atoms with Crippen molar-refractivity contribution in [2.75, 3.05) is 25.0 Å². The van der Waals surface area contributed by atoms with Crippen LogP contribution in [0.25, 0.3) is 0 Å². The Labute approximate surface area is 122 Å². The lowest BCUT2D eigenvalue weighted by Crippen LogP contribution is -2.39. The summed E-state index contributed by atoms with van der Waals surface area (Å²) < 4.78 is 5.77. The summed E-state index contributed by atoms with van der Waals surface area (Å²) in [5.41, 5.74) is 0. The van der Waals surface area contributed by atoms with E-state index in [1.165, 1.54) is 0 Å². The molecule has 5 heteroatoms. The maximum atomic E-state index is 5.77. The molecule has 1 aromatic rings. The van der Waals surface area contributed by atoms with Gasteiger partial charge in [0.15, 0.2) is 0 Å². The van der Waals surface area contributed by atoms with E-state index < -0.39 is 0 Å². The van der Waals surface area contributed by atoms with E-state index in [0.717, 1.165) is 24.7 Å². The first kappa shape index (κ1) is 16.7. The lowest BCUT2D eigenvalue weighted by Gasteiger charge is -2.30. The van der Waals surface area contributed by atoms with Crippen LogP contribution in [0.3, 0.4) is 0 Å². The molecule has 0 fully saturated rings. The Morgan fingerprint density at radius 2 is 1.85 bits per heavy atom. The molecule has 0 aliphatic rings. The molecule has 0 aliphatic carbocycles. The van der Waals surface area contributed by atoms with Crippen molar-refractivity contribution in [3.05, 3.63) is 11.9 Å². The molecule has 0 saturated carbocycles. The second-order valence-corrected chi connectivity index (χ2v) is 5.44. The molecule has 0 amide bonds. The number of anilines is 1. The standard InChI is InChI=1S/C15H28N4O/c1-7-16-14-10-15(18-13(6)17-14)20-9-8-19(11(2)3)12(4)5/h10-12H,7-9H2,1-6H3,(H,16,17,18). The summed E-state index contributed by atoms with van der Waals surface area (Å²) in [6.07, 6.45) is 0. The Kier molecular flexibility index (Phi) is 6.71. The van der Waals surface area contributed by atoms with E-state index in [-0.39, 0.29) is 0 Å². The van der Waals surface area contributed by atoms with E-state index >= 15 is 0 Å². The lowest BCUT2D eigenvalue weighted by atomic mass is 10.2. The van der Waals surface area contributed by atoms with Gasteiger partial charge in [-0.25, -0.2) is 4.98 Å². The van der Waals surface area contributed by atoms with Crippen LogP contribution in [-0.4, -0.2) is 46.6 Å². The van der Waals surface area contributed by atoms with Gasteiger partial charge in [0.2, 0.25) is 5.88 Å². The fourth-order valence-electron chi connectivity index (χ4n) is 2.25. The predicted octanol–water partition coefficient (Wildman–Crippen LogP) is 2.71. The van der Waals surface area contributed by atoms with E-state index in [0.29, 0.717) is 24.6 Å². The second kappa shape index (κ2) is 8.04. The molecule has 0 saturated heterocycles. The highest BCUT2D eigenvalue weighted by molar-refractivity contribution is 5.38. The van der Waals surface area contributed by atoms with Gasteiger partial charge >= 0.3 is 0 Å². The van der Waals surface area contributed by atoms with Gasteiger partial charge in [0, 0.05) is 31.2 Å². The molecule has 0 bridgehead atoms. The second-order valence-electron chi connectivity index (χ2n) is 5.44.